The van der Waals surface area contributed by atoms with E-state index in [-0.39, 0.29) is 11.4 Å². The van der Waals surface area contributed by atoms with Gasteiger partial charge in [0, 0.05) is 19.6 Å². The van der Waals surface area contributed by atoms with Crippen molar-refractivity contribution in [3.63, 3.8) is 0 Å². The number of ether oxygens (including phenoxy) is 2. The molecule has 1 heterocycles. The SMILES string of the molecule is CC(C)C1(C(=O)OCCN2CCOCC2)CCCCC1. The first-order valence-electron chi connectivity index (χ1n) is 8.12. The molecule has 0 aromatic heterocycles. The van der Waals surface area contributed by atoms with Crippen molar-refractivity contribution < 1.29 is 14.3 Å². The number of carbonyl (C=O) groups is 1. The Kier molecular flexibility index (Phi) is 5.85. The van der Waals surface area contributed by atoms with Gasteiger partial charge in [0.2, 0.25) is 0 Å². The second-order valence-corrected chi connectivity index (χ2v) is 6.46. The van der Waals surface area contributed by atoms with Gasteiger partial charge in [-0.15, -0.1) is 0 Å². The van der Waals surface area contributed by atoms with E-state index in [0.29, 0.717) is 12.5 Å². The minimum Gasteiger partial charge on any atom is -0.464 e. The van der Waals surface area contributed by atoms with Crippen LogP contribution < -0.4 is 0 Å². The van der Waals surface area contributed by atoms with Gasteiger partial charge in [-0.05, 0) is 18.8 Å². The summed E-state index contributed by atoms with van der Waals surface area (Å²) in [6.45, 7) is 9.17. The van der Waals surface area contributed by atoms with Crippen molar-refractivity contribution in [2.75, 3.05) is 39.5 Å². The van der Waals surface area contributed by atoms with Crippen LogP contribution in [0.1, 0.15) is 46.0 Å². The van der Waals surface area contributed by atoms with Gasteiger partial charge >= 0.3 is 5.97 Å². The van der Waals surface area contributed by atoms with Gasteiger partial charge in [0.15, 0.2) is 0 Å². The molecule has 0 aromatic carbocycles. The largest absolute Gasteiger partial charge is 0.464 e. The monoisotopic (exact) mass is 283 g/mol. The average molecular weight is 283 g/mol. The topological polar surface area (TPSA) is 38.8 Å². The lowest BCUT2D eigenvalue weighted by molar-refractivity contribution is -0.162. The maximum absolute atomic E-state index is 12.5. The Bertz CT molecular complexity index is 305. The van der Waals surface area contributed by atoms with Crippen molar-refractivity contribution in [2.45, 2.75) is 46.0 Å². The Labute approximate surface area is 122 Å². The summed E-state index contributed by atoms with van der Waals surface area (Å²) >= 11 is 0. The van der Waals surface area contributed by atoms with Crippen molar-refractivity contribution in [3.8, 4) is 0 Å². The molecule has 4 heteroatoms. The van der Waals surface area contributed by atoms with Crippen LogP contribution in [0.3, 0.4) is 0 Å². The quantitative estimate of drug-likeness (QED) is 0.727. The summed E-state index contributed by atoms with van der Waals surface area (Å²) in [5.41, 5.74) is -0.219. The summed E-state index contributed by atoms with van der Waals surface area (Å²) in [5.74, 6) is 0.416. The fourth-order valence-corrected chi connectivity index (χ4v) is 3.44. The van der Waals surface area contributed by atoms with Gasteiger partial charge in [-0.25, -0.2) is 0 Å². The second-order valence-electron chi connectivity index (χ2n) is 6.46. The molecule has 0 atom stereocenters. The highest BCUT2D eigenvalue weighted by molar-refractivity contribution is 5.77. The molecule has 4 nitrogen and oxygen atoms in total. The molecule has 20 heavy (non-hydrogen) atoms. The molecule has 1 aliphatic carbocycles. The molecule has 0 radical (unpaired) electrons. The van der Waals surface area contributed by atoms with Crippen LogP contribution in [0.25, 0.3) is 0 Å². The Morgan fingerprint density at radius 1 is 1.20 bits per heavy atom. The highest BCUT2D eigenvalue weighted by Gasteiger charge is 2.43. The first-order chi connectivity index (χ1) is 9.65. The third kappa shape index (κ3) is 3.73. The number of morpholine rings is 1. The zero-order chi connectivity index (χ0) is 14.4. The second kappa shape index (κ2) is 7.41. The fraction of sp³-hybridized carbons (Fsp3) is 0.938. The molecular weight excluding hydrogens is 254 g/mol. The van der Waals surface area contributed by atoms with Gasteiger partial charge in [0.05, 0.1) is 18.6 Å². The van der Waals surface area contributed by atoms with Gasteiger partial charge in [0.25, 0.3) is 0 Å². The molecule has 0 spiro atoms. The summed E-state index contributed by atoms with van der Waals surface area (Å²) in [6.07, 6.45) is 5.59. The summed E-state index contributed by atoms with van der Waals surface area (Å²) < 4.78 is 10.9. The van der Waals surface area contributed by atoms with Crippen LogP contribution in [0, 0.1) is 11.3 Å². The molecule has 2 rings (SSSR count). The average Bonchev–Trinajstić information content (AvgIpc) is 2.48. The molecule has 0 bridgehead atoms. The molecule has 2 aliphatic rings. The predicted octanol–water partition coefficient (Wildman–Crippen LogP) is 2.47. The normalized spacial score (nSPS) is 23.8. The van der Waals surface area contributed by atoms with Gasteiger partial charge in [0.1, 0.15) is 6.61 Å². The van der Waals surface area contributed by atoms with Crippen molar-refractivity contribution in [2.24, 2.45) is 11.3 Å². The van der Waals surface area contributed by atoms with E-state index in [1.807, 2.05) is 0 Å². The highest BCUT2D eigenvalue weighted by atomic mass is 16.5. The smallest absolute Gasteiger partial charge is 0.312 e. The van der Waals surface area contributed by atoms with E-state index in [4.69, 9.17) is 9.47 Å². The van der Waals surface area contributed by atoms with Crippen LogP contribution >= 0.6 is 0 Å². The fourth-order valence-electron chi connectivity index (χ4n) is 3.44. The predicted molar refractivity (Wildman–Crippen MR) is 78.6 cm³/mol. The van der Waals surface area contributed by atoms with Gasteiger partial charge in [-0.2, -0.15) is 0 Å². The van der Waals surface area contributed by atoms with E-state index in [1.54, 1.807) is 0 Å². The maximum Gasteiger partial charge on any atom is 0.312 e. The first-order valence-corrected chi connectivity index (χ1v) is 8.12. The minimum atomic E-state index is -0.219. The van der Waals surface area contributed by atoms with E-state index in [1.165, 1.54) is 6.42 Å². The third-order valence-electron chi connectivity index (χ3n) is 5.00. The zero-order valence-electron chi connectivity index (χ0n) is 13.0. The lowest BCUT2D eigenvalue weighted by atomic mass is 9.67. The number of carbonyl (C=O) groups excluding carboxylic acids is 1. The standard InChI is InChI=1S/C16H29NO3/c1-14(2)16(6-4-3-5-7-16)15(18)20-13-10-17-8-11-19-12-9-17/h14H,3-13H2,1-2H3. The van der Waals surface area contributed by atoms with Crippen molar-refractivity contribution in [3.05, 3.63) is 0 Å². The Morgan fingerprint density at radius 2 is 1.85 bits per heavy atom. The Morgan fingerprint density at radius 3 is 2.45 bits per heavy atom. The number of hydrogen-bond acceptors (Lipinski definition) is 4. The Balaban J connectivity index is 1.79. The molecule has 1 saturated heterocycles. The molecule has 0 N–H and O–H groups in total. The molecule has 1 aliphatic heterocycles. The lowest BCUT2D eigenvalue weighted by Gasteiger charge is -2.38. The maximum atomic E-state index is 12.5. The van der Waals surface area contributed by atoms with Crippen LogP contribution in [0.2, 0.25) is 0 Å². The van der Waals surface area contributed by atoms with E-state index in [9.17, 15) is 4.79 Å². The molecule has 2 fully saturated rings. The van der Waals surface area contributed by atoms with Gasteiger partial charge in [-0.3, -0.25) is 9.69 Å². The number of esters is 1. The summed E-state index contributed by atoms with van der Waals surface area (Å²) in [4.78, 5) is 14.8. The van der Waals surface area contributed by atoms with E-state index in [2.05, 4.69) is 18.7 Å². The molecule has 116 valence electrons. The highest BCUT2D eigenvalue weighted by Crippen LogP contribution is 2.43. The molecule has 1 saturated carbocycles. The summed E-state index contributed by atoms with van der Waals surface area (Å²) in [5, 5.41) is 0. The summed E-state index contributed by atoms with van der Waals surface area (Å²) in [7, 11) is 0. The number of rotatable bonds is 5. The summed E-state index contributed by atoms with van der Waals surface area (Å²) in [6, 6.07) is 0. The number of nitrogens with zero attached hydrogens (tertiary/aromatic N) is 1. The molecule has 0 amide bonds. The third-order valence-corrected chi connectivity index (χ3v) is 5.00. The first kappa shape index (κ1) is 15.8. The van der Waals surface area contributed by atoms with Crippen LogP contribution in [-0.2, 0) is 14.3 Å². The van der Waals surface area contributed by atoms with Gasteiger partial charge in [-0.1, -0.05) is 33.1 Å². The molecular formula is C16H29NO3. The van der Waals surface area contributed by atoms with Crippen molar-refractivity contribution in [1.82, 2.24) is 4.90 Å². The van der Waals surface area contributed by atoms with E-state index in [0.717, 1.165) is 58.5 Å². The van der Waals surface area contributed by atoms with Crippen LogP contribution in [-0.4, -0.2) is 50.3 Å². The van der Waals surface area contributed by atoms with E-state index >= 15 is 0 Å². The van der Waals surface area contributed by atoms with Crippen molar-refractivity contribution >= 4 is 5.97 Å². The Hall–Kier alpha value is -0.610. The van der Waals surface area contributed by atoms with Crippen molar-refractivity contribution in [1.29, 1.82) is 0 Å². The minimum absolute atomic E-state index is 0.0421. The lowest BCUT2D eigenvalue weighted by Crippen LogP contribution is -2.42. The zero-order valence-corrected chi connectivity index (χ0v) is 13.0. The van der Waals surface area contributed by atoms with Crippen LogP contribution in [0.4, 0.5) is 0 Å². The van der Waals surface area contributed by atoms with Crippen LogP contribution in [0.15, 0.2) is 0 Å². The van der Waals surface area contributed by atoms with Crippen LogP contribution in [0.5, 0.6) is 0 Å². The number of hydrogen-bond donors (Lipinski definition) is 0. The molecule has 0 aromatic rings. The van der Waals surface area contributed by atoms with Gasteiger partial charge < -0.3 is 9.47 Å². The molecule has 0 unspecified atom stereocenters. The van der Waals surface area contributed by atoms with E-state index < -0.39 is 0 Å².